The zero-order valence-corrected chi connectivity index (χ0v) is 15.0. The first-order chi connectivity index (χ1) is 13.2. The van der Waals surface area contributed by atoms with Crippen LogP contribution in [-0.4, -0.2) is 75.1 Å². The van der Waals surface area contributed by atoms with Crippen molar-refractivity contribution in [3.8, 4) is 0 Å². The van der Waals surface area contributed by atoms with Gasteiger partial charge in [0.2, 0.25) is 5.78 Å². The quantitative estimate of drug-likeness (QED) is 0.137. The first-order valence-electron chi connectivity index (χ1n) is 8.21. The molecule has 10 heteroatoms. The van der Waals surface area contributed by atoms with E-state index in [0.29, 0.717) is 5.56 Å². The van der Waals surface area contributed by atoms with Crippen molar-refractivity contribution >= 4 is 29.3 Å². The Morgan fingerprint density at radius 1 is 1.14 bits per heavy atom. The van der Waals surface area contributed by atoms with E-state index in [1.807, 2.05) is 0 Å². The van der Waals surface area contributed by atoms with Crippen LogP contribution in [0.3, 0.4) is 0 Å². The van der Waals surface area contributed by atoms with E-state index in [-0.39, 0.29) is 5.56 Å². The van der Waals surface area contributed by atoms with Crippen molar-refractivity contribution < 1.29 is 39.6 Å². The van der Waals surface area contributed by atoms with Crippen LogP contribution in [0.5, 0.6) is 0 Å². The van der Waals surface area contributed by atoms with Crippen LogP contribution in [0, 0.1) is 0 Å². The topological polar surface area (TPSA) is 173 Å². The number of Topliss-reactive ketones (excluding diaryl/α,β-unsaturated/α-hetero) is 2. The van der Waals surface area contributed by atoms with Gasteiger partial charge in [0.05, 0.1) is 13.2 Å². The van der Waals surface area contributed by atoms with Gasteiger partial charge in [-0.2, -0.15) is 0 Å². The van der Waals surface area contributed by atoms with Crippen molar-refractivity contribution in [2.45, 2.75) is 25.2 Å². The molecule has 0 saturated carbocycles. The Morgan fingerprint density at radius 2 is 1.82 bits per heavy atom. The highest BCUT2D eigenvalue weighted by Gasteiger charge is 2.29. The molecule has 0 radical (unpaired) electrons. The zero-order chi connectivity index (χ0) is 21.3. The largest absolute Gasteiger partial charge is 0.394 e. The van der Waals surface area contributed by atoms with Crippen molar-refractivity contribution in [2.75, 3.05) is 13.2 Å². The average Bonchev–Trinajstić information content (AvgIpc) is 2.69. The Hall–Kier alpha value is -2.76. The van der Waals surface area contributed by atoms with Crippen molar-refractivity contribution in [3.05, 3.63) is 41.5 Å². The smallest absolute Gasteiger partial charge is 0.265 e. The molecule has 28 heavy (non-hydrogen) atoms. The fourth-order valence-electron chi connectivity index (χ4n) is 1.97. The molecular weight excluding hydrogens is 372 g/mol. The van der Waals surface area contributed by atoms with Gasteiger partial charge in [-0.3, -0.25) is 24.6 Å². The van der Waals surface area contributed by atoms with Crippen molar-refractivity contribution in [3.63, 3.8) is 0 Å². The van der Waals surface area contributed by atoms with Gasteiger partial charge in [0, 0.05) is 12.5 Å². The number of ketones is 3. The van der Waals surface area contributed by atoms with E-state index in [9.17, 15) is 34.5 Å². The molecule has 0 aliphatic rings. The van der Waals surface area contributed by atoms with E-state index in [4.69, 9.17) is 5.11 Å². The summed E-state index contributed by atoms with van der Waals surface area (Å²) in [6, 6.07) is 6.08. The van der Waals surface area contributed by atoms with Gasteiger partial charge in [0.25, 0.3) is 5.91 Å². The van der Waals surface area contributed by atoms with E-state index >= 15 is 0 Å². The summed E-state index contributed by atoms with van der Waals surface area (Å²) >= 11 is 0. The molecule has 6 N–H and O–H groups in total. The summed E-state index contributed by atoms with van der Waals surface area (Å²) in [6.45, 7) is -0.239. The van der Waals surface area contributed by atoms with Crippen LogP contribution in [0.2, 0.25) is 0 Å². The van der Waals surface area contributed by atoms with Crippen LogP contribution in [0.1, 0.15) is 22.8 Å². The number of aliphatic hydroxyl groups is 4. The molecule has 3 atom stereocenters. The standard InChI is InChI=1S/C18H22N2O8/c1-10(22)13(23)6-5-11-3-2-4-12(7-11)18(28)20-19-8-14(24)16(26)17(27)15(25)9-21/h2-7,15-17,19,21,25-27H,8-9H2,1H3,(H,20,28)/b6-5+. The fraction of sp³-hybridized carbons (Fsp3) is 0.333. The Bertz CT molecular complexity index is 762. The van der Waals surface area contributed by atoms with Gasteiger partial charge in [-0.1, -0.05) is 18.2 Å². The Kier molecular flexibility index (Phi) is 9.28. The molecule has 10 nitrogen and oxygen atoms in total. The molecule has 0 bridgehead atoms. The van der Waals surface area contributed by atoms with Gasteiger partial charge in [0.15, 0.2) is 11.6 Å². The van der Waals surface area contributed by atoms with Gasteiger partial charge in [-0.05, 0) is 23.8 Å². The number of hydrazine groups is 1. The highest BCUT2D eigenvalue weighted by Crippen LogP contribution is 2.07. The number of aliphatic hydroxyl groups excluding tert-OH is 4. The number of carbonyl (C=O) groups is 4. The lowest BCUT2D eigenvalue weighted by Crippen LogP contribution is -2.49. The number of hydrogen-bond donors (Lipinski definition) is 6. The zero-order valence-electron chi connectivity index (χ0n) is 15.0. The van der Waals surface area contributed by atoms with E-state index < -0.39 is 54.7 Å². The number of rotatable bonds is 11. The molecule has 0 aliphatic carbocycles. The second kappa shape index (κ2) is 11.2. The molecule has 1 aromatic rings. The van der Waals surface area contributed by atoms with Gasteiger partial charge in [-0.25, -0.2) is 5.43 Å². The van der Waals surface area contributed by atoms with Crippen LogP contribution < -0.4 is 10.9 Å². The summed E-state index contributed by atoms with van der Waals surface area (Å²) in [5, 5.41) is 36.9. The van der Waals surface area contributed by atoms with Crippen LogP contribution in [0.4, 0.5) is 0 Å². The van der Waals surface area contributed by atoms with Crippen LogP contribution in [0.25, 0.3) is 6.08 Å². The summed E-state index contributed by atoms with van der Waals surface area (Å²) in [6.07, 6.45) is -3.03. The van der Waals surface area contributed by atoms with E-state index in [2.05, 4.69) is 10.9 Å². The normalized spacial score (nSPS) is 14.3. The number of amides is 1. The monoisotopic (exact) mass is 394 g/mol. The number of nitrogens with one attached hydrogen (secondary N) is 2. The minimum Gasteiger partial charge on any atom is -0.394 e. The molecule has 0 heterocycles. The molecule has 0 spiro atoms. The first kappa shape index (κ1) is 23.3. The van der Waals surface area contributed by atoms with Crippen LogP contribution >= 0.6 is 0 Å². The van der Waals surface area contributed by atoms with Crippen molar-refractivity contribution in [1.29, 1.82) is 0 Å². The Morgan fingerprint density at radius 3 is 2.43 bits per heavy atom. The maximum atomic E-state index is 12.1. The van der Waals surface area contributed by atoms with Crippen molar-refractivity contribution in [1.82, 2.24) is 10.9 Å². The number of benzene rings is 1. The third-order valence-electron chi connectivity index (χ3n) is 3.62. The fourth-order valence-corrected chi connectivity index (χ4v) is 1.97. The third kappa shape index (κ3) is 7.10. The summed E-state index contributed by atoms with van der Waals surface area (Å²) in [7, 11) is 0. The lowest BCUT2D eigenvalue weighted by atomic mass is 10.0. The van der Waals surface area contributed by atoms with Crippen LogP contribution in [-0.2, 0) is 14.4 Å². The Balaban J connectivity index is 2.60. The predicted molar refractivity (Wildman–Crippen MR) is 96.7 cm³/mol. The second-order valence-electron chi connectivity index (χ2n) is 5.84. The molecule has 0 aliphatic heterocycles. The molecule has 0 saturated heterocycles. The summed E-state index contributed by atoms with van der Waals surface area (Å²) in [4.78, 5) is 45.9. The Labute approximate surface area is 160 Å². The lowest BCUT2D eigenvalue weighted by molar-refractivity contribution is -0.139. The highest BCUT2D eigenvalue weighted by molar-refractivity contribution is 6.41. The number of carbonyl (C=O) groups excluding carboxylic acids is 4. The summed E-state index contributed by atoms with van der Waals surface area (Å²) in [5.41, 5.74) is 5.18. The van der Waals surface area contributed by atoms with Gasteiger partial charge < -0.3 is 20.4 Å². The first-order valence-corrected chi connectivity index (χ1v) is 8.21. The second-order valence-corrected chi connectivity index (χ2v) is 5.84. The molecule has 0 aromatic heterocycles. The van der Waals surface area contributed by atoms with Gasteiger partial charge in [0.1, 0.15) is 18.3 Å². The SMILES string of the molecule is CC(=O)C(=O)/C=C/c1cccc(C(=O)NNCC(=O)C(O)C(O)C(O)CO)c1. The highest BCUT2D eigenvalue weighted by atomic mass is 16.4. The molecule has 3 unspecified atom stereocenters. The van der Waals surface area contributed by atoms with E-state index in [1.165, 1.54) is 18.2 Å². The minimum atomic E-state index is -1.95. The maximum Gasteiger partial charge on any atom is 0.265 e. The minimum absolute atomic E-state index is 0.189. The van der Waals surface area contributed by atoms with E-state index in [1.54, 1.807) is 12.1 Å². The van der Waals surface area contributed by atoms with Gasteiger partial charge in [-0.15, -0.1) is 0 Å². The molecule has 1 rings (SSSR count). The van der Waals surface area contributed by atoms with Crippen molar-refractivity contribution in [2.24, 2.45) is 0 Å². The summed E-state index contributed by atoms with van der Waals surface area (Å²) < 4.78 is 0. The van der Waals surface area contributed by atoms with E-state index in [0.717, 1.165) is 13.0 Å². The number of hydrogen-bond acceptors (Lipinski definition) is 9. The molecular formula is C18H22N2O8. The molecule has 0 fully saturated rings. The number of allylic oxidation sites excluding steroid dienone is 1. The predicted octanol–water partition coefficient (Wildman–Crippen LogP) is -2.26. The lowest BCUT2D eigenvalue weighted by Gasteiger charge is -2.20. The molecule has 1 aromatic carbocycles. The molecule has 1 amide bonds. The molecule has 152 valence electrons. The average molecular weight is 394 g/mol. The van der Waals surface area contributed by atoms with Gasteiger partial charge >= 0.3 is 0 Å². The van der Waals surface area contributed by atoms with Crippen LogP contribution in [0.15, 0.2) is 30.3 Å². The third-order valence-corrected chi connectivity index (χ3v) is 3.62. The maximum absolute atomic E-state index is 12.1. The summed E-state index contributed by atoms with van der Waals surface area (Å²) in [5.74, 6) is -2.83.